The van der Waals surface area contributed by atoms with Gasteiger partial charge in [-0.3, -0.25) is 4.68 Å². The van der Waals surface area contributed by atoms with Crippen molar-refractivity contribution >= 4 is 45.3 Å². The first-order chi connectivity index (χ1) is 15.1. The lowest BCUT2D eigenvalue weighted by Gasteiger charge is -2.08. The van der Waals surface area contributed by atoms with Gasteiger partial charge >= 0.3 is 5.97 Å². The molecule has 0 saturated carbocycles. The van der Waals surface area contributed by atoms with E-state index in [1.165, 1.54) is 18.4 Å². The van der Waals surface area contributed by atoms with E-state index >= 15 is 0 Å². The van der Waals surface area contributed by atoms with Crippen LogP contribution >= 0.6 is 23.6 Å². The van der Waals surface area contributed by atoms with E-state index in [1.54, 1.807) is 6.20 Å². The van der Waals surface area contributed by atoms with Gasteiger partial charge in [-0.1, -0.05) is 60.7 Å². The molecule has 0 aliphatic carbocycles. The number of ether oxygens (including phenoxy) is 1. The zero-order valence-corrected chi connectivity index (χ0v) is 18.4. The fourth-order valence-electron chi connectivity index (χ4n) is 3.04. The summed E-state index contributed by atoms with van der Waals surface area (Å²) in [5.74, 6) is -0.417. The van der Waals surface area contributed by atoms with Crippen LogP contribution in [0, 0.1) is 0 Å². The zero-order valence-electron chi connectivity index (χ0n) is 16.7. The maximum absolute atomic E-state index is 12.3. The predicted octanol–water partition coefficient (Wildman–Crippen LogP) is 5.26. The number of aromatic nitrogens is 2. The van der Waals surface area contributed by atoms with E-state index < -0.39 is 5.97 Å². The molecule has 0 atom stereocenters. The van der Waals surface area contributed by atoms with Crippen LogP contribution in [-0.4, -0.2) is 28.0 Å². The van der Waals surface area contributed by atoms with Gasteiger partial charge in [-0.15, -0.1) is 11.3 Å². The van der Waals surface area contributed by atoms with Crippen molar-refractivity contribution in [3.05, 3.63) is 90.3 Å². The number of methoxy groups -OCH3 is 1. The minimum atomic E-state index is -0.417. The lowest BCUT2D eigenvalue weighted by atomic mass is 10.1. The summed E-state index contributed by atoms with van der Waals surface area (Å²) in [4.78, 5) is 13.2. The highest BCUT2D eigenvalue weighted by molar-refractivity contribution is 7.80. The van der Waals surface area contributed by atoms with Crippen molar-refractivity contribution in [2.75, 3.05) is 17.7 Å². The van der Waals surface area contributed by atoms with Crippen molar-refractivity contribution in [1.29, 1.82) is 0 Å². The number of rotatable bonds is 6. The van der Waals surface area contributed by atoms with Crippen molar-refractivity contribution in [3.63, 3.8) is 0 Å². The standard InChI is InChI=1S/C23H20N4O2S2/c1-29-22(28)19-12-20(17-10-6-3-7-11-17)31-21(19)26-23(30)25-18-13-24-27(15-18)14-16-8-4-2-5-9-16/h2-13,15H,14H2,1H3,(H2,25,26,30). The predicted molar refractivity (Wildman–Crippen MR) is 129 cm³/mol. The minimum Gasteiger partial charge on any atom is -0.465 e. The molecule has 0 aliphatic heterocycles. The van der Waals surface area contributed by atoms with Gasteiger partial charge in [0.05, 0.1) is 31.1 Å². The van der Waals surface area contributed by atoms with Crippen LogP contribution in [0.2, 0.25) is 0 Å². The molecule has 4 rings (SSSR count). The quantitative estimate of drug-likeness (QED) is 0.310. The van der Waals surface area contributed by atoms with Gasteiger partial charge in [0, 0.05) is 11.1 Å². The Balaban J connectivity index is 1.47. The SMILES string of the molecule is COC(=O)c1cc(-c2ccccc2)sc1NC(=S)Nc1cnn(Cc2ccccc2)c1. The van der Waals surface area contributed by atoms with E-state index in [9.17, 15) is 4.79 Å². The number of anilines is 2. The Bertz CT molecular complexity index is 1190. The Kier molecular flexibility index (Phi) is 6.40. The van der Waals surface area contributed by atoms with Crippen molar-refractivity contribution in [1.82, 2.24) is 9.78 Å². The fourth-order valence-corrected chi connectivity index (χ4v) is 4.38. The van der Waals surface area contributed by atoms with Crippen molar-refractivity contribution in [2.24, 2.45) is 0 Å². The third-order valence-corrected chi connectivity index (χ3v) is 5.80. The highest BCUT2D eigenvalue weighted by atomic mass is 32.1. The number of thiophene rings is 1. The average molecular weight is 449 g/mol. The smallest absolute Gasteiger partial charge is 0.340 e. The summed E-state index contributed by atoms with van der Waals surface area (Å²) in [6, 6.07) is 21.8. The Morgan fingerprint density at radius 1 is 1.10 bits per heavy atom. The number of hydrogen-bond donors (Lipinski definition) is 2. The van der Waals surface area contributed by atoms with Gasteiger partial charge in [0.2, 0.25) is 0 Å². The van der Waals surface area contributed by atoms with Crippen molar-refractivity contribution in [3.8, 4) is 10.4 Å². The van der Waals surface area contributed by atoms with E-state index in [-0.39, 0.29) is 0 Å². The molecule has 0 bridgehead atoms. The molecular weight excluding hydrogens is 428 g/mol. The van der Waals surface area contributed by atoms with Crippen LogP contribution in [0.4, 0.5) is 10.7 Å². The molecular formula is C23H20N4O2S2. The van der Waals surface area contributed by atoms with Gasteiger partial charge in [-0.05, 0) is 29.4 Å². The molecule has 156 valence electrons. The highest BCUT2D eigenvalue weighted by Gasteiger charge is 2.18. The number of benzene rings is 2. The molecule has 2 heterocycles. The second kappa shape index (κ2) is 9.55. The topological polar surface area (TPSA) is 68.2 Å². The first-order valence-corrected chi connectivity index (χ1v) is 10.8. The second-order valence-electron chi connectivity index (χ2n) is 6.70. The average Bonchev–Trinajstić information content (AvgIpc) is 3.41. The molecule has 2 aromatic carbocycles. The molecule has 0 saturated heterocycles. The van der Waals surface area contributed by atoms with E-state index in [0.717, 1.165) is 21.7 Å². The molecule has 8 heteroatoms. The van der Waals surface area contributed by atoms with E-state index in [2.05, 4.69) is 27.9 Å². The fraction of sp³-hybridized carbons (Fsp3) is 0.0870. The van der Waals surface area contributed by atoms with Crippen molar-refractivity contribution in [2.45, 2.75) is 6.54 Å². The molecule has 2 N–H and O–H groups in total. The Morgan fingerprint density at radius 2 is 1.81 bits per heavy atom. The number of thiocarbonyl (C=S) groups is 1. The van der Waals surface area contributed by atoms with Crippen LogP contribution in [0.25, 0.3) is 10.4 Å². The summed E-state index contributed by atoms with van der Waals surface area (Å²) in [7, 11) is 1.36. The van der Waals surface area contributed by atoms with E-state index in [4.69, 9.17) is 17.0 Å². The Morgan fingerprint density at radius 3 is 2.52 bits per heavy atom. The van der Waals surface area contributed by atoms with Crippen LogP contribution in [0.15, 0.2) is 79.1 Å². The molecule has 2 aromatic heterocycles. The molecule has 0 fully saturated rings. The minimum absolute atomic E-state index is 0.367. The summed E-state index contributed by atoms with van der Waals surface area (Å²) in [6.07, 6.45) is 3.59. The van der Waals surface area contributed by atoms with Gasteiger partial charge in [-0.2, -0.15) is 5.10 Å². The highest BCUT2D eigenvalue weighted by Crippen LogP contribution is 2.36. The third kappa shape index (κ3) is 5.17. The molecule has 6 nitrogen and oxygen atoms in total. The van der Waals surface area contributed by atoms with Crippen LogP contribution in [0.1, 0.15) is 15.9 Å². The first-order valence-electron chi connectivity index (χ1n) is 9.54. The number of carbonyl (C=O) groups excluding carboxylic acids is 1. The van der Waals surface area contributed by atoms with Gasteiger partial charge < -0.3 is 15.4 Å². The number of hydrogen-bond acceptors (Lipinski definition) is 5. The first kappa shape index (κ1) is 20.8. The summed E-state index contributed by atoms with van der Waals surface area (Å²) in [6.45, 7) is 0.667. The summed E-state index contributed by atoms with van der Waals surface area (Å²) in [5.41, 5.74) is 3.38. The van der Waals surface area contributed by atoms with E-state index in [0.29, 0.717) is 22.2 Å². The molecule has 0 unspecified atom stereocenters. The molecule has 0 radical (unpaired) electrons. The van der Waals surface area contributed by atoms with Crippen LogP contribution < -0.4 is 10.6 Å². The number of nitrogens with one attached hydrogen (secondary N) is 2. The van der Waals surface area contributed by atoms with Gasteiger partial charge in [-0.25, -0.2) is 4.79 Å². The second-order valence-corrected chi connectivity index (χ2v) is 8.16. The number of carbonyl (C=O) groups is 1. The maximum Gasteiger partial charge on any atom is 0.340 e. The van der Waals surface area contributed by atoms with Crippen LogP contribution in [-0.2, 0) is 11.3 Å². The Labute approximate surface area is 189 Å². The Hall–Kier alpha value is -3.49. The molecule has 0 amide bonds. The normalized spacial score (nSPS) is 10.5. The van der Waals surface area contributed by atoms with Crippen LogP contribution in [0.3, 0.4) is 0 Å². The number of nitrogens with zero attached hydrogens (tertiary/aromatic N) is 2. The summed E-state index contributed by atoms with van der Waals surface area (Å²) in [5, 5.41) is 11.6. The molecule has 31 heavy (non-hydrogen) atoms. The lowest BCUT2D eigenvalue weighted by molar-refractivity contribution is 0.0602. The maximum atomic E-state index is 12.3. The molecule has 0 spiro atoms. The zero-order chi connectivity index (χ0) is 21.6. The van der Waals surface area contributed by atoms with Gasteiger partial charge in [0.15, 0.2) is 5.11 Å². The summed E-state index contributed by atoms with van der Waals surface area (Å²) >= 11 is 6.90. The monoisotopic (exact) mass is 448 g/mol. The van der Waals surface area contributed by atoms with Gasteiger partial charge in [0.25, 0.3) is 0 Å². The third-order valence-electron chi connectivity index (χ3n) is 4.50. The molecule has 4 aromatic rings. The molecule has 0 aliphatic rings. The van der Waals surface area contributed by atoms with Crippen LogP contribution in [0.5, 0.6) is 0 Å². The summed E-state index contributed by atoms with van der Waals surface area (Å²) < 4.78 is 6.77. The largest absolute Gasteiger partial charge is 0.465 e. The number of esters is 1. The lowest BCUT2D eigenvalue weighted by Crippen LogP contribution is -2.19. The van der Waals surface area contributed by atoms with Crippen molar-refractivity contribution < 1.29 is 9.53 Å². The van der Waals surface area contributed by atoms with Gasteiger partial charge in [0.1, 0.15) is 5.00 Å². The van der Waals surface area contributed by atoms with E-state index in [1.807, 2.05) is 65.5 Å².